The zero-order valence-corrected chi connectivity index (χ0v) is 9.52. The maximum absolute atomic E-state index is 10.4. The summed E-state index contributed by atoms with van der Waals surface area (Å²) in [6.45, 7) is 1.85. The zero-order valence-electron chi connectivity index (χ0n) is 7.11. The van der Waals surface area contributed by atoms with Gasteiger partial charge in [-0.2, -0.15) is 0 Å². The topological polar surface area (TPSA) is 52.4 Å². The Morgan fingerprint density at radius 1 is 1.77 bits per heavy atom. The van der Waals surface area contributed by atoms with Crippen LogP contribution < -0.4 is 0 Å². The molecule has 0 saturated heterocycles. The fourth-order valence-corrected chi connectivity index (χ4v) is 2.67. The van der Waals surface area contributed by atoms with E-state index in [1.807, 2.05) is 6.92 Å². The van der Waals surface area contributed by atoms with Crippen LogP contribution >= 0.6 is 27.3 Å². The van der Waals surface area contributed by atoms with Crippen LogP contribution in [0.15, 0.2) is 10.5 Å². The summed E-state index contributed by atoms with van der Waals surface area (Å²) in [7, 11) is 1.57. The summed E-state index contributed by atoms with van der Waals surface area (Å²) < 4.78 is 5.80. The lowest BCUT2D eigenvalue weighted by atomic mass is 10.3. The average molecular weight is 266 g/mol. The van der Waals surface area contributed by atoms with Gasteiger partial charge in [-0.1, -0.05) is 11.3 Å². The summed E-state index contributed by atoms with van der Waals surface area (Å²) in [6.07, 6.45) is -0.118. The molecule has 1 heterocycles. The molecule has 0 spiro atoms. The lowest BCUT2D eigenvalue weighted by Gasteiger charge is -2.05. The van der Waals surface area contributed by atoms with Crippen LogP contribution in [0, 0.1) is 10.1 Å². The second kappa shape index (κ2) is 4.17. The number of halogens is 1. The molecule has 0 radical (unpaired) electrons. The first-order valence-corrected chi connectivity index (χ1v) is 5.13. The van der Waals surface area contributed by atoms with Crippen LogP contribution in [0.3, 0.4) is 0 Å². The predicted octanol–water partition coefficient (Wildman–Crippen LogP) is 3.13. The van der Waals surface area contributed by atoms with E-state index in [0.29, 0.717) is 0 Å². The molecule has 0 aliphatic carbocycles. The highest BCUT2D eigenvalue weighted by atomic mass is 79.9. The van der Waals surface area contributed by atoms with Crippen molar-refractivity contribution in [1.29, 1.82) is 0 Å². The molecule has 1 atom stereocenters. The number of hydrogen-bond donors (Lipinski definition) is 0. The molecule has 72 valence electrons. The Morgan fingerprint density at radius 3 is 2.77 bits per heavy atom. The summed E-state index contributed by atoms with van der Waals surface area (Å²) in [5, 5.41) is 10.6. The first-order chi connectivity index (χ1) is 6.06. The molecule has 4 nitrogen and oxygen atoms in total. The molecule has 0 bridgehead atoms. The van der Waals surface area contributed by atoms with E-state index >= 15 is 0 Å². The number of thiophene rings is 1. The van der Waals surface area contributed by atoms with Crippen molar-refractivity contribution < 1.29 is 9.66 Å². The second-order valence-electron chi connectivity index (χ2n) is 2.43. The zero-order chi connectivity index (χ0) is 10.0. The summed E-state index contributed by atoms with van der Waals surface area (Å²) >= 11 is 4.38. The highest BCUT2D eigenvalue weighted by Crippen LogP contribution is 2.37. The molecule has 0 N–H and O–H groups in total. The van der Waals surface area contributed by atoms with Crippen molar-refractivity contribution in [3.05, 3.63) is 25.5 Å². The maximum Gasteiger partial charge on any atom is 0.325 e. The van der Waals surface area contributed by atoms with Crippen LogP contribution in [-0.4, -0.2) is 12.0 Å². The Kier molecular flexibility index (Phi) is 3.40. The summed E-state index contributed by atoms with van der Waals surface area (Å²) in [5.41, 5.74) is 0. The Morgan fingerprint density at radius 2 is 2.38 bits per heavy atom. The Bertz CT molecular complexity index is 326. The molecule has 13 heavy (non-hydrogen) atoms. The van der Waals surface area contributed by atoms with Gasteiger partial charge in [-0.15, -0.1) is 0 Å². The minimum atomic E-state index is -0.401. The van der Waals surface area contributed by atoms with E-state index in [1.165, 1.54) is 6.07 Å². The van der Waals surface area contributed by atoms with E-state index in [1.54, 1.807) is 7.11 Å². The molecule has 0 aromatic carbocycles. The standard InChI is InChI=1S/C7H8BrNO3S/c1-4(12-2)7-5(8)3-6(13-7)9(10)11/h3-4H,1-2H3. The second-order valence-corrected chi connectivity index (χ2v) is 4.35. The molecule has 6 heteroatoms. The van der Waals surface area contributed by atoms with Gasteiger partial charge in [0.25, 0.3) is 0 Å². The van der Waals surface area contributed by atoms with Gasteiger partial charge >= 0.3 is 5.00 Å². The molecule has 1 rings (SSSR count). The fraction of sp³-hybridized carbons (Fsp3) is 0.429. The molecule has 1 unspecified atom stereocenters. The van der Waals surface area contributed by atoms with Crippen LogP contribution in [0.5, 0.6) is 0 Å². The highest BCUT2D eigenvalue weighted by Gasteiger charge is 2.18. The number of ether oxygens (including phenoxy) is 1. The average Bonchev–Trinajstić information content (AvgIpc) is 2.46. The lowest BCUT2D eigenvalue weighted by molar-refractivity contribution is -0.380. The van der Waals surface area contributed by atoms with Gasteiger partial charge in [-0.3, -0.25) is 10.1 Å². The minimum absolute atomic E-state index is 0.118. The smallest absolute Gasteiger partial charge is 0.325 e. The van der Waals surface area contributed by atoms with Crippen molar-refractivity contribution in [1.82, 2.24) is 0 Å². The Hall–Kier alpha value is -0.460. The Labute approximate surface area is 87.8 Å². The predicted molar refractivity (Wildman–Crippen MR) is 54.1 cm³/mol. The van der Waals surface area contributed by atoms with Gasteiger partial charge in [0.15, 0.2) is 0 Å². The van der Waals surface area contributed by atoms with E-state index in [-0.39, 0.29) is 11.1 Å². The first kappa shape index (κ1) is 10.6. The minimum Gasteiger partial charge on any atom is -0.376 e. The molecule has 0 saturated carbocycles. The molecule has 1 aromatic rings. The van der Waals surface area contributed by atoms with Crippen LogP contribution in [-0.2, 0) is 4.74 Å². The van der Waals surface area contributed by atoms with Crippen LogP contribution in [0.25, 0.3) is 0 Å². The summed E-state index contributed by atoms with van der Waals surface area (Å²) in [5.74, 6) is 0. The van der Waals surface area contributed by atoms with Crippen molar-refractivity contribution in [2.75, 3.05) is 7.11 Å². The molecule has 1 aromatic heterocycles. The highest BCUT2D eigenvalue weighted by molar-refractivity contribution is 9.10. The number of methoxy groups -OCH3 is 1. The Balaban J connectivity index is 3.02. The van der Waals surface area contributed by atoms with Crippen molar-refractivity contribution in [3.63, 3.8) is 0 Å². The molecular weight excluding hydrogens is 258 g/mol. The SMILES string of the molecule is COC(C)c1sc([N+](=O)[O-])cc1Br. The maximum atomic E-state index is 10.4. The van der Waals surface area contributed by atoms with Gasteiger partial charge in [0.2, 0.25) is 0 Å². The van der Waals surface area contributed by atoms with Crippen LogP contribution in [0.1, 0.15) is 17.9 Å². The third kappa shape index (κ3) is 2.26. The fourth-order valence-electron chi connectivity index (χ4n) is 0.845. The van der Waals surface area contributed by atoms with Gasteiger partial charge in [-0.05, 0) is 22.9 Å². The van der Waals surface area contributed by atoms with Crippen molar-refractivity contribution in [3.8, 4) is 0 Å². The van der Waals surface area contributed by atoms with Gasteiger partial charge in [0.05, 0.1) is 15.9 Å². The van der Waals surface area contributed by atoms with Gasteiger partial charge in [0, 0.05) is 17.6 Å². The number of nitrogens with zero attached hydrogens (tertiary/aromatic N) is 1. The largest absolute Gasteiger partial charge is 0.376 e. The van der Waals surface area contributed by atoms with Crippen molar-refractivity contribution >= 4 is 32.3 Å². The normalized spacial score (nSPS) is 12.8. The molecular formula is C7H8BrNO3S. The van der Waals surface area contributed by atoms with Crippen molar-refractivity contribution in [2.24, 2.45) is 0 Å². The number of nitro groups is 1. The molecule has 0 amide bonds. The quantitative estimate of drug-likeness (QED) is 0.623. The van der Waals surface area contributed by atoms with Gasteiger partial charge < -0.3 is 4.74 Å². The third-order valence-corrected chi connectivity index (χ3v) is 3.77. The number of hydrogen-bond acceptors (Lipinski definition) is 4. The van der Waals surface area contributed by atoms with Gasteiger partial charge in [-0.25, -0.2) is 0 Å². The van der Waals surface area contributed by atoms with E-state index in [0.717, 1.165) is 20.7 Å². The molecule has 0 aliphatic rings. The monoisotopic (exact) mass is 265 g/mol. The molecule has 0 aliphatic heterocycles. The first-order valence-electron chi connectivity index (χ1n) is 3.52. The molecule has 0 fully saturated rings. The van der Waals surface area contributed by atoms with Gasteiger partial charge in [0.1, 0.15) is 0 Å². The lowest BCUT2D eigenvalue weighted by Crippen LogP contribution is -1.92. The van der Waals surface area contributed by atoms with Crippen LogP contribution in [0.4, 0.5) is 5.00 Å². The van der Waals surface area contributed by atoms with E-state index in [4.69, 9.17) is 4.74 Å². The third-order valence-electron chi connectivity index (χ3n) is 1.60. The van der Waals surface area contributed by atoms with E-state index in [9.17, 15) is 10.1 Å². The number of rotatable bonds is 3. The van der Waals surface area contributed by atoms with Crippen molar-refractivity contribution in [2.45, 2.75) is 13.0 Å². The van der Waals surface area contributed by atoms with E-state index < -0.39 is 4.92 Å². The van der Waals surface area contributed by atoms with E-state index in [2.05, 4.69) is 15.9 Å². The summed E-state index contributed by atoms with van der Waals surface area (Å²) in [6, 6.07) is 1.50. The summed E-state index contributed by atoms with van der Waals surface area (Å²) in [4.78, 5) is 10.9. The van der Waals surface area contributed by atoms with Crippen LogP contribution in [0.2, 0.25) is 0 Å².